The van der Waals surface area contributed by atoms with Crippen LogP contribution in [-0.4, -0.2) is 12.5 Å². The Labute approximate surface area is 137 Å². The monoisotopic (exact) mass is 343 g/mol. The minimum Gasteiger partial charge on any atom is -0.492 e. The van der Waals surface area contributed by atoms with Crippen molar-refractivity contribution in [3.8, 4) is 5.75 Å². The molecule has 2 aromatic rings. The molecule has 110 valence electrons. The molecule has 0 aromatic heterocycles. The molecule has 0 saturated carbocycles. The fourth-order valence-electron chi connectivity index (χ4n) is 1.69. The molecule has 0 heterocycles. The van der Waals surface area contributed by atoms with E-state index in [-0.39, 0.29) is 5.91 Å². The molecule has 0 radical (unpaired) electrons. The highest BCUT2D eigenvalue weighted by atomic mass is 35.5. The van der Waals surface area contributed by atoms with E-state index in [1.165, 1.54) is 0 Å². The fraction of sp³-hybridized carbons (Fsp3) is 0.133. The Morgan fingerprint density at radius 1 is 1.05 bits per heavy atom. The van der Waals surface area contributed by atoms with Gasteiger partial charge in [0.25, 0.3) is 5.91 Å². The summed E-state index contributed by atoms with van der Waals surface area (Å²) in [7, 11) is 0. The van der Waals surface area contributed by atoms with E-state index in [1.54, 1.807) is 36.4 Å². The molecule has 0 unspecified atom stereocenters. The molecule has 2 aromatic carbocycles. The summed E-state index contributed by atoms with van der Waals surface area (Å²) in [6.07, 6.45) is 0. The summed E-state index contributed by atoms with van der Waals surface area (Å²) in [5, 5.41) is 3.91. The van der Waals surface area contributed by atoms with Crippen molar-refractivity contribution in [1.82, 2.24) is 0 Å². The van der Waals surface area contributed by atoms with Crippen LogP contribution in [0.2, 0.25) is 15.1 Å². The number of ether oxygens (including phenoxy) is 1. The number of carbonyl (C=O) groups is 1. The van der Waals surface area contributed by atoms with Gasteiger partial charge in [-0.05, 0) is 43.3 Å². The van der Waals surface area contributed by atoms with Gasteiger partial charge in [0, 0.05) is 11.3 Å². The lowest BCUT2D eigenvalue weighted by Gasteiger charge is -2.09. The summed E-state index contributed by atoms with van der Waals surface area (Å²) in [5.41, 5.74) is 0.980. The molecule has 2 rings (SSSR count). The van der Waals surface area contributed by atoms with Crippen LogP contribution in [0, 0.1) is 0 Å². The van der Waals surface area contributed by atoms with Crippen molar-refractivity contribution >= 4 is 46.4 Å². The van der Waals surface area contributed by atoms with E-state index in [9.17, 15) is 4.79 Å². The van der Waals surface area contributed by atoms with Gasteiger partial charge in [-0.15, -0.1) is 0 Å². The fourth-order valence-corrected chi connectivity index (χ4v) is 2.22. The van der Waals surface area contributed by atoms with Gasteiger partial charge >= 0.3 is 0 Å². The molecule has 3 nitrogen and oxygen atoms in total. The Morgan fingerprint density at radius 3 is 2.43 bits per heavy atom. The number of rotatable bonds is 4. The summed E-state index contributed by atoms with van der Waals surface area (Å²) in [5.74, 6) is 0.253. The molecular weight excluding hydrogens is 333 g/mol. The Bertz CT molecular complexity index is 674. The van der Waals surface area contributed by atoms with Crippen LogP contribution in [-0.2, 0) is 0 Å². The lowest BCUT2D eigenvalue weighted by molar-refractivity contribution is 0.102. The van der Waals surface area contributed by atoms with Crippen LogP contribution in [0.4, 0.5) is 5.69 Å². The molecule has 1 amide bonds. The highest BCUT2D eigenvalue weighted by molar-refractivity contribution is 6.42. The van der Waals surface area contributed by atoms with Crippen molar-refractivity contribution in [2.75, 3.05) is 11.9 Å². The third-order valence-electron chi connectivity index (χ3n) is 2.67. The van der Waals surface area contributed by atoms with Gasteiger partial charge < -0.3 is 10.1 Å². The molecule has 6 heteroatoms. The van der Waals surface area contributed by atoms with Crippen molar-refractivity contribution in [1.29, 1.82) is 0 Å². The SMILES string of the molecule is CCOc1ccc(C(=O)Nc2ccc(Cl)c(Cl)c2)cc1Cl. The van der Waals surface area contributed by atoms with Crippen LogP contribution in [0.5, 0.6) is 5.75 Å². The second kappa shape index (κ2) is 7.03. The highest BCUT2D eigenvalue weighted by Gasteiger charge is 2.10. The Hall–Kier alpha value is -1.42. The van der Waals surface area contributed by atoms with E-state index >= 15 is 0 Å². The standard InChI is InChI=1S/C15H12Cl3NO2/c1-2-21-14-6-3-9(7-13(14)18)15(20)19-10-4-5-11(16)12(17)8-10/h3-8H,2H2,1H3,(H,19,20). The lowest BCUT2D eigenvalue weighted by Crippen LogP contribution is -2.12. The van der Waals surface area contributed by atoms with Crippen molar-refractivity contribution < 1.29 is 9.53 Å². The highest BCUT2D eigenvalue weighted by Crippen LogP contribution is 2.27. The minimum atomic E-state index is -0.293. The van der Waals surface area contributed by atoms with Gasteiger partial charge in [0.2, 0.25) is 0 Å². The number of amides is 1. The lowest BCUT2D eigenvalue weighted by atomic mass is 10.2. The van der Waals surface area contributed by atoms with E-state index in [0.717, 1.165) is 0 Å². The van der Waals surface area contributed by atoms with E-state index in [4.69, 9.17) is 39.5 Å². The zero-order valence-electron chi connectivity index (χ0n) is 11.1. The van der Waals surface area contributed by atoms with Crippen molar-refractivity contribution in [2.24, 2.45) is 0 Å². The molecular formula is C15H12Cl3NO2. The maximum Gasteiger partial charge on any atom is 0.255 e. The van der Waals surface area contributed by atoms with Gasteiger partial charge in [-0.1, -0.05) is 34.8 Å². The van der Waals surface area contributed by atoms with Gasteiger partial charge in [0.05, 0.1) is 21.7 Å². The van der Waals surface area contributed by atoms with E-state index in [2.05, 4.69) is 5.32 Å². The first kappa shape index (κ1) is 16.0. The second-order valence-electron chi connectivity index (χ2n) is 4.16. The summed E-state index contributed by atoms with van der Waals surface area (Å²) in [6.45, 7) is 2.37. The summed E-state index contributed by atoms with van der Waals surface area (Å²) < 4.78 is 5.32. The second-order valence-corrected chi connectivity index (χ2v) is 5.38. The van der Waals surface area contributed by atoms with Gasteiger partial charge in [-0.3, -0.25) is 4.79 Å². The number of nitrogens with one attached hydrogen (secondary N) is 1. The average molecular weight is 345 g/mol. The van der Waals surface area contributed by atoms with Gasteiger partial charge in [-0.2, -0.15) is 0 Å². The molecule has 0 atom stereocenters. The van der Waals surface area contributed by atoms with Crippen LogP contribution in [0.1, 0.15) is 17.3 Å². The first-order valence-electron chi connectivity index (χ1n) is 6.20. The van der Waals surface area contributed by atoms with Gasteiger partial charge in [-0.25, -0.2) is 0 Å². The molecule has 0 fully saturated rings. The molecule has 0 spiro atoms. The zero-order valence-corrected chi connectivity index (χ0v) is 13.4. The molecule has 1 N–H and O–H groups in total. The van der Waals surface area contributed by atoms with Crippen LogP contribution in [0.15, 0.2) is 36.4 Å². The van der Waals surface area contributed by atoms with E-state index < -0.39 is 0 Å². The summed E-state index contributed by atoms with van der Waals surface area (Å²) in [4.78, 5) is 12.1. The quantitative estimate of drug-likeness (QED) is 0.817. The van der Waals surface area contributed by atoms with Gasteiger partial charge in [0.1, 0.15) is 5.75 Å². The molecule has 0 bridgehead atoms. The molecule has 0 aliphatic heterocycles. The van der Waals surface area contributed by atoms with Crippen LogP contribution < -0.4 is 10.1 Å². The number of carbonyl (C=O) groups excluding carboxylic acids is 1. The first-order valence-corrected chi connectivity index (χ1v) is 7.33. The molecule has 0 saturated heterocycles. The Kier molecular flexibility index (Phi) is 5.34. The molecule has 21 heavy (non-hydrogen) atoms. The zero-order chi connectivity index (χ0) is 15.4. The Morgan fingerprint density at radius 2 is 1.81 bits per heavy atom. The summed E-state index contributed by atoms with van der Waals surface area (Å²) >= 11 is 17.8. The summed E-state index contributed by atoms with van der Waals surface area (Å²) in [6, 6.07) is 9.73. The minimum absolute atomic E-state index is 0.293. The van der Waals surface area contributed by atoms with Crippen molar-refractivity contribution in [3.05, 3.63) is 57.0 Å². The third kappa shape index (κ3) is 4.03. The number of hydrogen-bond donors (Lipinski definition) is 1. The van der Waals surface area contributed by atoms with Gasteiger partial charge in [0.15, 0.2) is 0 Å². The average Bonchev–Trinajstić information content (AvgIpc) is 2.45. The van der Waals surface area contributed by atoms with Crippen molar-refractivity contribution in [3.63, 3.8) is 0 Å². The van der Waals surface area contributed by atoms with Crippen LogP contribution in [0.25, 0.3) is 0 Å². The topological polar surface area (TPSA) is 38.3 Å². The number of anilines is 1. The largest absolute Gasteiger partial charge is 0.492 e. The molecule has 0 aliphatic carbocycles. The number of hydrogen-bond acceptors (Lipinski definition) is 2. The Balaban J connectivity index is 2.16. The predicted octanol–water partition coefficient (Wildman–Crippen LogP) is 5.30. The van der Waals surface area contributed by atoms with Crippen LogP contribution >= 0.6 is 34.8 Å². The van der Waals surface area contributed by atoms with Crippen LogP contribution in [0.3, 0.4) is 0 Å². The number of benzene rings is 2. The number of halogens is 3. The maximum absolute atomic E-state index is 12.1. The first-order chi connectivity index (χ1) is 10.0. The van der Waals surface area contributed by atoms with Crippen molar-refractivity contribution in [2.45, 2.75) is 6.92 Å². The normalized spacial score (nSPS) is 10.3. The smallest absolute Gasteiger partial charge is 0.255 e. The van der Waals surface area contributed by atoms with E-state index in [0.29, 0.717) is 38.7 Å². The third-order valence-corrected chi connectivity index (χ3v) is 3.71. The maximum atomic E-state index is 12.1. The van der Waals surface area contributed by atoms with E-state index in [1.807, 2.05) is 6.92 Å². The molecule has 0 aliphatic rings. The predicted molar refractivity (Wildman–Crippen MR) is 87.0 cm³/mol.